The molecule has 1 amide bonds. The molecule has 6 heteroatoms. The van der Waals surface area contributed by atoms with Crippen molar-refractivity contribution in [3.63, 3.8) is 0 Å². The summed E-state index contributed by atoms with van der Waals surface area (Å²) in [6, 6.07) is 9.97. The number of aliphatic carboxylic acids is 1. The molecule has 0 saturated heterocycles. The number of carboxylic acid groups (broad SMARTS) is 1. The van der Waals surface area contributed by atoms with Gasteiger partial charge in [-0.2, -0.15) is 11.8 Å². The summed E-state index contributed by atoms with van der Waals surface area (Å²) in [5.74, 6) is -0.824. The Morgan fingerprint density at radius 2 is 2.05 bits per heavy atom. The summed E-state index contributed by atoms with van der Waals surface area (Å²) in [6.07, 6.45) is 2.28. The van der Waals surface area contributed by atoms with Crippen LogP contribution in [0.3, 0.4) is 0 Å². The second-order valence-corrected chi connectivity index (χ2v) is 5.52. The van der Waals surface area contributed by atoms with Crippen LogP contribution in [-0.4, -0.2) is 40.0 Å². The molecular weight excluding hydrogens is 288 g/mol. The topological polar surface area (TPSA) is 79.3 Å². The van der Waals surface area contributed by atoms with Crippen molar-refractivity contribution in [1.29, 1.82) is 0 Å². The highest BCUT2D eigenvalue weighted by Gasteiger charge is 2.20. The number of pyridine rings is 1. The minimum absolute atomic E-state index is 0.226. The summed E-state index contributed by atoms with van der Waals surface area (Å²) in [7, 11) is 0. The van der Waals surface area contributed by atoms with E-state index in [1.54, 1.807) is 23.9 Å². The molecule has 0 radical (unpaired) electrons. The van der Waals surface area contributed by atoms with Crippen LogP contribution in [0.2, 0.25) is 0 Å². The Morgan fingerprint density at radius 3 is 2.76 bits per heavy atom. The van der Waals surface area contributed by atoms with Crippen molar-refractivity contribution in [2.24, 2.45) is 0 Å². The number of carbonyl (C=O) groups is 2. The Hall–Kier alpha value is -2.08. The first-order chi connectivity index (χ1) is 10.1. The number of thioether (sulfide) groups is 1. The van der Waals surface area contributed by atoms with E-state index in [0.29, 0.717) is 17.7 Å². The molecule has 1 atom stereocenters. The number of fused-ring (bicyclic) bond motifs is 1. The molecule has 1 aromatic carbocycles. The molecule has 0 aliphatic rings. The number of rotatable bonds is 6. The van der Waals surface area contributed by atoms with Gasteiger partial charge in [0.25, 0.3) is 5.91 Å². The summed E-state index contributed by atoms with van der Waals surface area (Å²) in [6.45, 7) is 0. The Balaban J connectivity index is 2.15. The summed E-state index contributed by atoms with van der Waals surface area (Å²) in [5.41, 5.74) is 0.935. The van der Waals surface area contributed by atoms with E-state index in [1.165, 1.54) is 0 Å². The minimum atomic E-state index is -1.03. The lowest BCUT2D eigenvalue weighted by atomic mass is 10.2. The van der Waals surface area contributed by atoms with Gasteiger partial charge in [-0.05, 0) is 30.6 Å². The molecule has 0 aliphatic heterocycles. The van der Waals surface area contributed by atoms with Crippen molar-refractivity contribution in [3.8, 4) is 0 Å². The second kappa shape index (κ2) is 7.08. The van der Waals surface area contributed by atoms with Gasteiger partial charge in [0.15, 0.2) is 0 Å². The van der Waals surface area contributed by atoms with Crippen LogP contribution in [0.4, 0.5) is 0 Å². The Bertz CT molecular complexity index is 660. The Labute approximate surface area is 126 Å². The maximum Gasteiger partial charge on any atom is 0.326 e. The lowest BCUT2D eigenvalue weighted by Gasteiger charge is -2.13. The van der Waals surface area contributed by atoms with Crippen molar-refractivity contribution >= 4 is 34.5 Å². The normalized spacial score (nSPS) is 12.0. The molecule has 0 saturated carbocycles. The highest BCUT2D eigenvalue weighted by molar-refractivity contribution is 7.98. The number of nitrogens with one attached hydrogen (secondary N) is 1. The molecule has 0 aliphatic carbocycles. The van der Waals surface area contributed by atoms with Gasteiger partial charge >= 0.3 is 5.97 Å². The van der Waals surface area contributed by atoms with Crippen LogP contribution in [-0.2, 0) is 4.79 Å². The molecule has 2 aromatic rings. The number of benzene rings is 1. The third kappa shape index (κ3) is 3.95. The number of amides is 1. The van der Waals surface area contributed by atoms with Crippen molar-refractivity contribution < 1.29 is 14.7 Å². The van der Waals surface area contributed by atoms with Crippen LogP contribution < -0.4 is 5.32 Å². The standard InChI is InChI=1S/C15H16N2O3S/c1-21-9-8-13(15(19)20)17-14(18)12-7-6-10-4-2-3-5-11(10)16-12/h2-7,13H,8-9H2,1H3,(H,17,18)(H,19,20)/t13-/m0/s1. The Kier molecular flexibility index (Phi) is 5.16. The highest BCUT2D eigenvalue weighted by Crippen LogP contribution is 2.12. The molecule has 1 heterocycles. The van der Waals surface area contributed by atoms with Crippen molar-refractivity contribution in [2.75, 3.05) is 12.0 Å². The SMILES string of the molecule is CSCC[C@H](NC(=O)c1ccc2ccccc2n1)C(=O)O. The summed E-state index contributed by atoms with van der Waals surface area (Å²) >= 11 is 1.54. The molecule has 110 valence electrons. The molecule has 1 aromatic heterocycles. The smallest absolute Gasteiger partial charge is 0.326 e. The molecular formula is C15H16N2O3S. The minimum Gasteiger partial charge on any atom is -0.480 e. The van der Waals surface area contributed by atoms with Crippen LogP contribution in [0.15, 0.2) is 36.4 Å². The third-order valence-electron chi connectivity index (χ3n) is 3.05. The van der Waals surface area contributed by atoms with Crippen LogP contribution in [0, 0.1) is 0 Å². The Morgan fingerprint density at radius 1 is 1.29 bits per heavy atom. The van der Waals surface area contributed by atoms with Crippen LogP contribution in [0.25, 0.3) is 10.9 Å². The zero-order chi connectivity index (χ0) is 15.2. The molecule has 0 spiro atoms. The van der Waals surface area contributed by atoms with Crippen molar-refractivity contribution in [2.45, 2.75) is 12.5 Å². The number of carbonyl (C=O) groups excluding carboxylic acids is 1. The van der Waals surface area contributed by atoms with Gasteiger partial charge in [0.05, 0.1) is 5.52 Å². The van der Waals surface area contributed by atoms with Gasteiger partial charge in [-0.15, -0.1) is 0 Å². The van der Waals surface area contributed by atoms with E-state index >= 15 is 0 Å². The van der Waals surface area contributed by atoms with E-state index in [4.69, 9.17) is 5.11 Å². The van der Waals surface area contributed by atoms with Gasteiger partial charge < -0.3 is 10.4 Å². The molecule has 21 heavy (non-hydrogen) atoms. The fourth-order valence-corrected chi connectivity index (χ4v) is 2.39. The average molecular weight is 304 g/mol. The van der Waals surface area contributed by atoms with E-state index in [1.807, 2.05) is 30.5 Å². The zero-order valence-corrected chi connectivity index (χ0v) is 12.4. The predicted molar refractivity (Wildman–Crippen MR) is 83.6 cm³/mol. The largest absolute Gasteiger partial charge is 0.480 e. The molecule has 5 nitrogen and oxygen atoms in total. The summed E-state index contributed by atoms with van der Waals surface area (Å²) in [4.78, 5) is 27.5. The van der Waals surface area contributed by atoms with E-state index in [9.17, 15) is 9.59 Å². The fraction of sp³-hybridized carbons (Fsp3) is 0.267. The first kappa shape index (κ1) is 15.3. The number of carboxylic acids is 1. The number of hydrogen-bond acceptors (Lipinski definition) is 4. The van der Waals surface area contributed by atoms with Gasteiger partial charge in [0.1, 0.15) is 11.7 Å². The average Bonchev–Trinajstić information content (AvgIpc) is 2.50. The number of hydrogen-bond donors (Lipinski definition) is 2. The zero-order valence-electron chi connectivity index (χ0n) is 11.6. The van der Waals surface area contributed by atoms with Gasteiger partial charge in [-0.1, -0.05) is 24.3 Å². The van der Waals surface area contributed by atoms with Gasteiger partial charge in [-0.25, -0.2) is 9.78 Å². The van der Waals surface area contributed by atoms with Gasteiger partial charge in [0, 0.05) is 5.39 Å². The number of aromatic nitrogens is 1. The van der Waals surface area contributed by atoms with E-state index < -0.39 is 17.9 Å². The van der Waals surface area contributed by atoms with Gasteiger partial charge in [0.2, 0.25) is 0 Å². The summed E-state index contributed by atoms with van der Waals surface area (Å²) in [5, 5.41) is 12.6. The lowest BCUT2D eigenvalue weighted by molar-refractivity contribution is -0.139. The van der Waals surface area contributed by atoms with Gasteiger partial charge in [-0.3, -0.25) is 4.79 Å². The number of nitrogens with zero attached hydrogens (tertiary/aromatic N) is 1. The summed E-state index contributed by atoms with van der Waals surface area (Å²) < 4.78 is 0. The molecule has 2 rings (SSSR count). The van der Waals surface area contributed by atoms with E-state index in [-0.39, 0.29) is 5.69 Å². The number of para-hydroxylation sites is 1. The van der Waals surface area contributed by atoms with E-state index in [2.05, 4.69) is 10.3 Å². The first-order valence-corrected chi connectivity index (χ1v) is 7.89. The quantitative estimate of drug-likeness (QED) is 0.855. The maximum absolute atomic E-state index is 12.1. The second-order valence-electron chi connectivity index (χ2n) is 4.53. The monoisotopic (exact) mass is 304 g/mol. The van der Waals surface area contributed by atoms with Crippen LogP contribution in [0.1, 0.15) is 16.9 Å². The third-order valence-corrected chi connectivity index (χ3v) is 3.69. The lowest BCUT2D eigenvalue weighted by Crippen LogP contribution is -2.41. The maximum atomic E-state index is 12.1. The predicted octanol–water partition coefficient (Wildman–Crippen LogP) is 2.17. The van der Waals surface area contributed by atoms with Crippen LogP contribution in [0.5, 0.6) is 0 Å². The van der Waals surface area contributed by atoms with Crippen molar-refractivity contribution in [1.82, 2.24) is 10.3 Å². The fourth-order valence-electron chi connectivity index (χ4n) is 1.92. The molecule has 2 N–H and O–H groups in total. The molecule has 0 bridgehead atoms. The van der Waals surface area contributed by atoms with Crippen LogP contribution >= 0.6 is 11.8 Å². The first-order valence-electron chi connectivity index (χ1n) is 6.50. The molecule has 0 unspecified atom stereocenters. The van der Waals surface area contributed by atoms with Crippen molar-refractivity contribution in [3.05, 3.63) is 42.1 Å². The molecule has 0 fully saturated rings. The van der Waals surface area contributed by atoms with E-state index in [0.717, 1.165) is 5.39 Å². The highest BCUT2D eigenvalue weighted by atomic mass is 32.2.